The van der Waals surface area contributed by atoms with Crippen LogP contribution in [0.15, 0.2) is 42.5 Å². The molecule has 0 aliphatic carbocycles. The van der Waals surface area contributed by atoms with E-state index < -0.39 is 17.6 Å². The lowest BCUT2D eigenvalue weighted by atomic mass is 10.1. The van der Waals surface area contributed by atoms with E-state index in [4.69, 9.17) is 17.3 Å². The normalized spacial score (nSPS) is 10.2. The number of hydrogen-bond donors (Lipinski definition) is 2. The number of nitrogens with one attached hydrogen (secondary N) is 1. The third kappa shape index (κ3) is 3.79. The van der Waals surface area contributed by atoms with Crippen molar-refractivity contribution in [2.24, 2.45) is 5.73 Å². The lowest BCUT2D eigenvalue weighted by Gasteiger charge is -2.08. The highest BCUT2D eigenvalue weighted by Crippen LogP contribution is 2.20. The summed E-state index contributed by atoms with van der Waals surface area (Å²) in [5.41, 5.74) is 6.07. The predicted molar refractivity (Wildman–Crippen MR) is 78.7 cm³/mol. The topological polar surface area (TPSA) is 72.2 Å². The fourth-order valence-electron chi connectivity index (χ4n) is 1.82. The molecule has 0 saturated carbocycles. The molecule has 2 aromatic carbocycles. The molecule has 0 fully saturated rings. The van der Waals surface area contributed by atoms with Crippen molar-refractivity contribution in [2.45, 2.75) is 6.42 Å². The van der Waals surface area contributed by atoms with Gasteiger partial charge in [0, 0.05) is 5.69 Å². The van der Waals surface area contributed by atoms with Crippen molar-refractivity contribution >= 4 is 29.1 Å². The number of rotatable bonds is 4. The Morgan fingerprint density at radius 1 is 1.14 bits per heavy atom. The molecular weight excluding hydrogens is 295 g/mol. The first kappa shape index (κ1) is 15.0. The van der Waals surface area contributed by atoms with E-state index in [1.165, 1.54) is 12.1 Å². The molecule has 0 bridgehead atoms. The molecule has 6 heteroatoms. The molecule has 0 heterocycles. The molecule has 2 aromatic rings. The number of nitrogens with two attached hydrogens (primary N) is 1. The Kier molecular flexibility index (Phi) is 4.55. The van der Waals surface area contributed by atoms with Gasteiger partial charge < -0.3 is 11.1 Å². The van der Waals surface area contributed by atoms with Crippen molar-refractivity contribution in [1.82, 2.24) is 0 Å². The van der Waals surface area contributed by atoms with Crippen LogP contribution in [0.2, 0.25) is 5.02 Å². The van der Waals surface area contributed by atoms with Crippen molar-refractivity contribution in [3.8, 4) is 0 Å². The van der Waals surface area contributed by atoms with Gasteiger partial charge in [0.15, 0.2) is 0 Å². The van der Waals surface area contributed by atoms with E-state index in [1.807, 2.05) is 0 Å². The van der Waals surface area contributed by atoms with E-state index in [2.05, 4.69) is 5.32 Å². The standard InChI is InChI=1S/C15H12ClFN2O2/c16-11-2-1-3-12(17)14(11)15(21)19-10-6-4-9(5-7-10)8-13(18)20/h1-7H,8H2,(H2,18,20)(H,19,21). The zero-order valence-electron chi connectivity index (χ0n) is 10.9. The van der Waals surface area contributed by atoms with Gasteiger partial charge in [0.25, 0.3) is 5.91 Å². The molecule has 3 N–H and O–H groups in total. The van der Waals surface area contributed by atoms with Crippen molar-refractivity contribution in [3.63, 3.8) is 0 Å². The van der Waals surface area contributed by atoms with Crippen molar-refractivity contribution in [2.75, 3.05) is 5.32 Å². The Bertz CT molecular complexity index is 666. The molecule has 0 atom stereocenters. The summed E-state index contributed by atoms with van der Waals surface area (Å²) in [7, 11) is 0. The smallest absolute Gasteiger partial charge is 0.260 e. The third-order valence-corrected chi connectivity index (χ3v) is 3.09. The first-order valence-corrected chi connectivity index (χ1v) is 6.48. The van der Waals surface area contributed by atoms with Gasteiger partial charge in [0.2, 0.25) is 5.91 Å². The number of hydrogen-bond acceptors (Lipinski definition) is 2. The maximum Gasteiger partial charge on any atom is 0.260 e. The highest BCUT2D eigenvalue weighted by molar-refractivity contribution is 6.34. The van der Waals surface area contributed by atoms with Gasteiger partial charge in [-0.15, -0.1) is 0 Å². The van der Waals surface area contributed by atoms with E-state index in [0.717, 1.165) is 11.6 Å². The Balaban J connectivity index is 2.14. The highest BCUT2D eigenvalue weighted by atomic mass is 35.5. The van der Waals surface area contributed by atoms with E-state index in [-0.39, 0.29) is 17.0 Å². The minimum atomic E-state index is -0.689. The maximum absolute atomic E-state index is 13.6. The fourth-order valence-corrected chi connectivity index (χ4v) is 2.06. The molecule has 108 valence electrons. The van der Waals surface area contributed by atoms with Crippen LogP contribution in [0.25, 0.3) is 0 Å². The second-order valence-electron chi connectivity index (χ2n) is 4.39. The summed E-state index contributed by atoms with van der Waals surface area (Å²) in [4.78, 5) is 22.8. The van der Waals surface area contributed by atoms with Gasteiger partial charge in [0.1, 0.15) is 5.82 Å². The lowest BCUT2D eigenvalue weighted by Crippen LogP contribution is -2.15. The van der Waals surface area contributed by atoms with E-state index >= 15 is 0 Å². The van der Waals surface area contributed by atoms with Gasteiger partial charge in [-0.3, -0.25) is 9.59 Å². The van der Waals surface area contributed by atoms with E-state index in [9.17, 15) is 14.0 Å². The van der Waals surface area contributed by atoms with Crippen LogP contribution in [0.3, 0.4) is 0 Å². The van der Waals surface area contributed by atoms with Gasteiger partial charge >= 0.3 is 0 Å². The summed E-state index contributed by atoms with van der Waals surface area (Å²) in [5, 5.41) is 2.58. The molecule has 21 heavy (non-hydrogen) atoms. The molecule has 0 spiro atoms. The van der Waals surface area contributed by atoms with Crippen LogP contribution in [0.1, 0.15) is 15.9 Å². The Hall–Kier alpha value is -2.40. The number of benzene rings is 2. The van der Waals surface area contributed by atoms with Crippen LogP contribution in [-0.4, -0.2) is 11.8 Å². The fraction of sp³-hybridized carbons (Fsp3) is 0.0667. The maximum atomic E-state index is 13.6. The van der Waals surface area contributed by atoms with Gasteiger partial charge in [0.05, 0.1) is 17.0 Å². The number of carbonyl (C=O) groups is 2. The summed E-state index contributed by atoms with van der Waals surface area (Å²) in [5.74, 6) is -1.77. The molecule has 0 aliphatic rings. The van der Waals surface area contributed by atoms with Crippen LogP contribution in [0, 0.1) is 5.82 Å². The quantitative estimate of drug-likeness (QED) is 0.911. The Morgan fingerprint density at radius 3 is 2.38 bits per heavy atom. The predicted octanol–water partition coefficient (Wildman–Crippen LogP) is 2.76. The zero-order chi connectivity index (χ0) is 15.4. The first-order chi connectivity index (χ1) is 9.97. The molecule has 0 aliphatic heterocycles. The van der Waals surface area contributed by atoms with Gasteiger partial charge in [-0.25, -0.2) is 4.39 Å². The second kappa shape index (κ2) is 6.37. The number of primary amides is 1. The van der Waals surface area contributed by atoms with Gasteiger partial charge in [-0.2, -0.15) is 0 Å². The Morgan fingerprint density at radius 2 is 1.81 bits per heavy atom. The summed E-state index contributed by atoms with van der Waals surface area (Å²) in [6, 6.07) is 10.5. The number of carbonyl (C=O) groups excluding carboxylic acids is 2. The van der Waals surface area contributed by atoms with Crippen LogP contribution < -0.4 is 11.1 Å². The van der Waals surface area contributed by atoms with Crippen LogP contribution in [0.5, 0.6) is 0 Å². The average Bonchev–Trinajstić information content (AvgIpc) is 2.40. The van der Waals surface area contributed by atoms with Gasteiger partial charge in [-0.05, 0) is 29.8 Å². The molecule has 2 amide bonds. The number of anilines is 1. The second-order valence-corrected chi connectivity index (χ2v) is 4.80. The number of amides is 2. The SMILES string of the molecule is NC(=O)Cc1ccc(NC(=O)c2c(F)cccc2Cl)cc1. The highest BCUT2D eigenvalue weighted by Gasteiger charge is 2.15. The number of halogens is 2. The van der Waals surface area contributed by atoms with Crippen molar-refractivity contribution < 1.29 is 14.0 Å². The summed E-state index contributed by atoms with van der Waals surface area (Å²) in [6.45, 7) is 0. The first-order valence-electron chi connectivity index (χ1n) is 6.10. The summed E-state index contributed by atoms with van der Waals surface area (Å²) < 4.78 is 13.6. The summed E-state index contributed by atoms with van der Waals surface area (Å²) in [6.07, 6.45) is 0.118. The summed E-state index contributed by atoms with van der Waals surface area (Å²) >= 11 is 5.82. The third-order valence-electron chi connectivity index (χ3n) is 2.78. The average molecular weight is 307 g/mol. The van der Waals surface area contributed by atoms with Crippen LogP contribution in [0.4, 0.5) is 10.1 Å². The lowest BCUT2D eigenvalue weighted by molar-refractivity contribution is -0.117. The monoisotopic (exact) mass is 306 g/mol. The van der Waals surface area contributed by atoms with Gasteiger partial charge in [-0.1, -0.05) is 29.8 Å². The minimum absolute atomic E-state index is 0.0397. The van der Waals surface area contributed by atoms with Crippen molar-refractivity contribution in [1.29, 1.82) is 0 Å². The molecule has 0 radical (unpaired) electrons. The van der Waals surface area contributed by atoms with E-state index in [0.29, 0.717) is 5.69 Å². The molecule has 4 nitrogen and oxygen atoms in total. The van der Waals surface area contributed by atoms with Crippen LogP contribution >= 0.6 is 11.6 Å². The minimum Gasteiger partial charge on any atom is -0.369 e. The van der Waals surface area contributed by atoms with E-state index in [1.54, 1.807) is 24.3 Å². The largest absolute Gasteiger partial charge is 0.369 e. The van der Waals surface area contributed by atoms with Crippen LogP contribution in [-0.2, 0) is 11.2 Å². The molecule has 0 aromatic heterocycles. The zero-order valence-corrected chi connectivity index (χ0v) is 11.7. The molecule has 0 saturated heterocycles. The molecule has 2 rings (SSSR count). The Labute approximate surface area is 125 Å². The molecular formula is C15H12ClFN2O2. The molecule has 0 unspecified atom stereocenters. The van der Waals surface area contributed by atoms with Crippen molar-refractivity contribution in [3.05, 3.63) is 64.4 Å².